The van der Waals surface area contributed by atoms with E-state index in [0.29, 0.717) is 18.7 Å². The molecular formula is C18H24N4O2S. The molecule has 0 aliphatic heterocycles. The van der Waals surface area contributed by atoms with Gasteiger partial charge in [0.2, 0.25) is 0 Å². The SMILES string of the molecule is CCNC(=NCCc1cccs1)NCCNC(=O)c1ccc(O)cc1. The Labute approximate surface area is 152 Å². The van der Waals surface area contributed by atoms with Gasteiger partial charge in [-0.2, -0.15) is 0 Å². The van der Waals surface area contributed by atoms with E-state index >= 15 is 0 Å². The normalized spacial score (nSPS) is 11.2. The van der Waals surface area contributed by atoms with Gasteiger partial charge in [0.25, 0.3) is 5.91 Å². The molecule has 0 saturated carbocycles. The van der Waals surface area contributed by atoms with Gasteiger partial charge in [0.15, 0.2) is 5.96 Å². The molecule has 0 unspecified atom stereocenters. The van der Waals surface area contributed by atoms with Crippen LogP contribution in [-0.2, 0) is 6.42 Å². The Morgan fingerprint density at radius 2 is 1.88 bits per heavy atom. The first-order valence-electron chi connectivity index (χ1n) is 8.31. The molecule has 0 bridgehead atoms. The standard InChI is InChI=1S/C18H24N4O2S/c1-2-19-18(21-10-9-16-4-3-13-25-16)22-12-11-20-17(24)14-5-7-15(23)8-6-14/h3-8,13,23H,2,9-12H2,1H3,(H,20,24)(H2,19,21,22). The Bertz CT molecular complexity index is 669. The highest BCUT2D eigenvalue weighted by Gasteiger charge is 2.04. The van der Waals surface area contributed by atoms with E-state index in [4.69, 9.17) is 0 Å². The lowest BCUT2D eigenvalue weighted by molar-refractivity contribution is 0.0954. The van der Waals surface area contributed by atoms with E-state index in [0.717, 1.165) is 25.5 Å². The maximum Gasteiger partial charge on any atom is 0.251 e. The van der Waals surface area contributed by atoms with Crippen molar-refractivity contribution in [3.63, 3.8) is 0 Å². The molecule has 0 atom stereocenters. The summed E-state index contributed by atoms with van der Waals surface area (Å²) in [5, 5.41) is 20.5. The number of hydrogen-bond acceptors (Lipinski definition) is 4. The molecule has 1 heterocycles. The predicted molar refractivity (Wildman–Crippen MR) is 102 cm³/mol. The van der Waals surface area contributed by atoms with Crippen LogP contribution < -0.4 is 16.0 Å². The molecule has 0 saturated heterocycles. The molecule has 1 amide bonds. The highest BCUT2D eigenvalue weighted by atomic mass is 32.1. The van der Waals surface area contributed by atoms with Crippen LogP contribution in [0.1, 0.15) is 22.2 Å². The number of rotatable bonds is 8. The number of hydrogen-bond donors (Lipinski definition) is 4. The predicted octanol–water partition coefficient (Wildman–Crippen LogP) is 1.98. The number of guanidine groups is 1. The van der Waals surface area contributed by atoms with Gasteiger partial charge in [-0.05, 0) is 42.6 Å². The number of carbonyl (C=O) groups is 1. The van der Waals surface area contributed by atoms with Gasteiger partial charge >= 0.3 is 0 Å². The van der Waals surface area contributed by atoms with E-state index < -0.39 is 0 Å². The number of benzene rings is 1. The summed E-state index contributed by atoms with van der Waals surface area (Å²) in [6.07, 6.45) is 0.922. The zero-order chi connectivity index (χ0) is 17.9. The first kappa shape index (κ1) is 18.8. The molecule has 134 valence electrons. The fourth-order valence-electron chi connectivity index (χ4n) is 2.15. The Morgan fingerprint density at radius 3 is 2.56 bits per heavy atom. The molecule has 4 N–H and O–H groups in total. The molecule has 2 aromatic rings. The molecule has 1 aromatic heterocycles. The Hall–Kier alpha value is -2.54. The summed E-state index contributed by atoms with van der Waals surface area (Å²) in [4.78, 5) is 17.8. The number of phenolic OH excluding ortho intramolecular Hbond substituents is 1. The van der Waals surface area contributed by atoms with E-state index in [1.54, 1.807) is 23.5 Å². The molecule has 0 aliphatic rings. The molecule has 25 heavy (non-hydrogen) atoms. The molecule has 7 heteroatoms. The van der Waals surface area contributed by atoms with Crippen LogP contribution in [0.2, 0.25) is 0 Å². The van der Waals surface area contributed by atoms with Crippen molar-refractivity contribution in [2.24, 2.45) is 4.99 Å². The number of aliphatic imine (C=N–C) groups is 1. The number of amides is 1. The minimum atomic E-state index is -0.165. The summed E-state index contributed by atoms with van der Waals surface area (Å²) in [5.41, 5.74) is 0.523. The van der Waals surface area contributed by atoms with Crippen LogP contribution in [-0.4, -0.2) is 43.2 Å². The van der Waals surface area contributed by atoms with Crippen LogP contribution in [0, 0.1) is 0 Å². The topological polar surface area (TPSA) is 85.8 Å². The molecular weight excluding hydrogens is 336 g/mol. The molecule has 0 spiro atoms. The van der Waals surface area contributed by atoms with E-state index in [1.165, 1.54) is 17.0 Å². The lowest BCUT2D eigenvalue weighted by Crippen LogP contribution is -2.41. The maximum atomic E-state index is 12.0. The molecule has 0 aliphatic carbocycles. The van der Waals surface area contributed by atoms with Crippen molar-refractivity contribution < 1.29 is 9.90 Å². The van der Waals surface area contributed by atoms with Crippen LogP contribution in [0.4, 0.5) is 0 Å². The van der Waals surface area contributed by atoms with Crippen molar-refractivity contribution >= 4 is 23.2 Å². The van der Waals surface area contributed by atoms with Gasteiger partial charge in [-0.3, -0.25) is 9.79 Å². The molecule has 0 radical (unpaired) electrons. The van der Waals surface area contributed by atoms with Gasteiger partial charge in [0.1, 0.15) is 5.75 Å². The zero-order valence-electron chi connectivity index (χ0n) is 14.3. The Balaban J connectivity index is 1.71. The Kier molecular flexibility index (Phi) is 7.78. The summed E-state index contributed by atoms with van der Waals surface area (Å²) in [6, 6.07) is 10.3. The van der Waals surface area contributed by atoms with Gasteiger partial charge in [0.05, 0.1) is 0 Å². The van der Waals surface area contributed by atoms with Gasteiger partial charge in [0, 0.05) is 43.0 Å². The second-order valence-electron chi connectivity index (χ2n) is 5.32. The quantitative estimate of drug-likeness (QED) is 0.329. The molecule has 1 aromatic carbocycles. The van der Waals surface area contributed by atoms with Crippen LogP contribution in [0.15, 0.2) is 46.8 Å². The zero-order valence-corrected chi connectivity index (χ0v) is 15.1. The third kappa shape index (κ3) is 6.84. The summed E-state index contributed by atoms with van der Waals surface area (Å²) < 4.78 is 0. The maximum absolute atomic E-state index is 12.0. The Morgan fingerprint density at radius 1 is 1.12 bits per heavy atom. The fraction of sp³-hybridized carbons (Fsp3) is 0.333. The summed E-state index contributed by atoms with van der Waals surface area (Å²) in [5.74, 6) is 0.728. The van der Waals surface area contributed by atoms with Crippen molar-refractivity contribution in [2.75, 3.05) is 26.2 Å². The molecule has 6 nitrogen and oxygen atoms in total. The van der Waals surface area contributed by atoms with Crippen molar-refractivity contribution in [3.8, 4) is 5.75 Å². The number of nitrogens with zero attached hydrogens (tertiary/aromatic N) is 1. The number of nitrogens with one attached hydrogen (secondary N) is 3. The highest BCUT2D eigenvalue weighted by molar-refractivity contribution is 7.09. The minimum absolute atomic E-state index is 0.146. The smallest absolute Gasteiger partial charge is 0.251 e. The van der Waals surface area contributed by atoms with E-state index in [9.17, 15) is 9.90 Å². The monoisotopic (exact) mass is 360 g/mol. The second kappa shape index (κ2) is 10.4. The lowest BCUT2D eigenvalue weighted by atomic mass is 10.2. The third-order valence-electron chi connectivity index (χ3n) is 3.38. The number of thiophene rings is 1. The highest BCUT2D eigenvalue weighted by Crippen LogP contribution is 2.09. The second-order valence-corrected chi connectivity index (χ2v) is 6.35. The number of phenols is 1. The number of carbonyl (C=O) groups excluding carboxylic acids is 1. The largest absolute Gasteiger partial charge is 0.508 e. The van der Waals surface area contributed by atoms with Crippen LogP contribution in [0.25, 0.3) is 0 Å². The first-order chi connectivity index (χ1) is 12.2. The average Bonchev–Trinajstić information content (AvgIpc) is 3.12. The van der Waals surface area contributed by atoms with Crippen LogP contribution in [0.3, 0.4) is 0 Å². The van der Waals surface area contributed by atoms with Gasteiger partial charge in [-0.25, -0.2) is 0 Å². The van der Waals surface area contributed by atoms with Gasteiger partial charge in [-0.1, -0.05) is 6.07 Å². The van der Waals surface area contributed by atoms with E-state index in [1.807, 2.05) is 13.0 Å². The van der Waals surface area contributed by atoms with E-state index in [2.05, 4.69) is 32.4 Å². The summed E-state index contributed by atoms with van der Waals surface area (Å²) in [7, 11) is 0. The average molecular weight is 360 g/mol. The van der Waals surface area contributed by atoms with Crippen molar-refractivity contribution in [3.05, 3.63) is 52.2 Å². The van der Waals surface area contributed by atoms with Gasteiger partial charge < -0.3 is 21.1 Å². The molecule has 0 fully saturated rings. The summed E-state index contributed by atoms with van der Waals surface area (Å²) >= 11 is 1.74. The van der Waals surface area contributed by atoms with Crippen molar-refractivity contribution in [1.29, 1.82) is 0 Å². The van der Waals surface area contributed by atoms with Crippen molar-refractivity contribution in [2.45, 2.75) is 13.3 Å². The minimum Gasteiger partial charge on any atom is -0.508 e. The first-order valence-corrected chi connectivity index (χ1v) is 9.19. The summed E-state index contributed by atoms with van der Waals surface area (Å²) in [6.45, 7) is 4.58. The van der Waals surface area contributed by atoms with Crippen LogP contribution in [0.5, 0.6) is 5.75 Å². The lowest BCUT2D eigenvalue weighted by Gasteiger charge is -2.12. The van der Waals surface area contributed by atoms with Crippen LogP contribution >= 0.6 is 11.3 Å². The third-order valence-corrected chi connectivity index (χ3v) is 4.32. The van der Waals surface area contributed by atoms with Crippen molar-refractivity contribution in [1.82, 2.24) is 16.0 Å². The number of aromatic hydroxyl groups is 1. The van der Waals surface area contributed by atoms with E-state index in [-0.39, 0.29) is 11.7 Å². The fourth-order valence-corrected chi connectivity index (χ4v) is 2.84. The molecule has 2 rings (SSSR count). The van der Waals surface area contributed by atoms with Gasteiger partial charge in [-0.15, -0.1) is 11.3 Å².